The van der Waals surface area contributed by atoms with Crippen molar-refractivity contribution in [2.24, 2.45) is 10.9 Å². The number of amidine groups is 1. The van der Waals surface area contributed by atoms with Gasteiger partial charge in [0.25, 0.3) is 0 Å². The summed E-state index contributed by atoms with van der Waals surface area (Å²) in [6.07, 6.45) is 13.3. The van der Waals surface area contributed by atoms with Gasteiger partial charge in [-0.25, -0.2) is 0 Å². The molecule has 1 saturated carbocycles. The molecule has 3 rings (SSSR count). The zero-order valence-corrected chi connectivity index (χ0v) is 10.9. The summed E-state index contributed by atoms with van der Waals surface area (Å²) in [7, 11) is 0. The van der Waals surface area contributed by atoms with Gasteiger partial charge in [0, 0.05) is 25.7 Å². The standard InChI is InChI=1S/C14H22N4/c1-2-5-12(6-3-1)10-18-11-13(9-16-18)17-14-7-4-8-15-14/h9,11-12H,1-8,10H2,(H,15,17). The van der Waals surface area contributed by atoms with Crippen molar-refractivity contribution in [1.82, 2.24) is 9.78 Å². The van der Waals surface area contributed by atoms with Crippen LogP contribution in [0.15, 0.2) is 17.4 Å². The van der Waals surface area contributed by atoms with Crippen LogP contribution in [0.25, 0.3) is 0 Å². The molecule has 18 heavy (non-hydrogen) atoms. The van der Waals surface area contributed by atoms with E-state index >= 15 is 0 Å². The Labute approximate surface area is 108 Å². The molecule has 1 aromatic rings. The molecule has 1 N–H and O–H groups in total. The van der Waals surface area contributed by atoms with Crippen molar-refractivity contribution in [3.05, 3.63) is 12.4 Å². The number of aromatic nitrogens is 2. The van der Waals surface area contributed by atoms with E-state index in [0.29, 0.717) is 0 Å². The van der Waals surface area contributed by atoms with E-state index in [-0.39, 0.29) is 0 Å². The Morgan fingerprint density at radius 1 is 1.22 bits per heavy atom. The maximum absolute atomic E-state index is 4.45. The largest absolute Gasteiger partial charge is 0.342 e. The molecule has 2 heterocycles. The third-order valence-electron chi connectivity index (χ3n) is 3.97. The van der Waals surface area contributed by atoms with Gasteiger partial charge in [-0.05, 0) is 25.2 Å². The summed E-state index contributed by atoms with van der Waals surface area (Å²) in [6.45, 7) is 2.05. The fourth-order valence-corrected chi connectivity index (χ4v) is 2.97. The Morgan fingerprint density at radius 2 is 2.11 bits per heavy atom. The average Bonchev–Trinajstić information content (AvgIpc) is 3.03. The number of nitrogens with one attached hydrogen (secondary N) is 1. The Balaban J connectivity index is 1.55. The predicted octanol–water partition coefficient (Wildman–Crippen LogP) is 3.07. The van der Waals surface area contributed by atoms with Gasteiger partial charge < -0.3 is 5.32 Å². The lowest BCUT2D eigenvalue weighted by atomic mass is 9.89. The van der Waals surface area contributed by atoms with E-state index < -0.39 is 0 Å². The summed E-state index contributed by atoms with van der Waals surface area (Å²) in [6, 6.07) is 0. The molecule has 4 heteroatoms. The van der Waals surface area contributed by atoms with E-state index in [2.05, 4.69) is 26.3 Å². The van der Waals surface area contributed by atoms with Crippen LogP contribution < -0.4 is 5.32 Å². The number of rotatable bonds is 3. The first-order valence-electron chi connectivity index (χ1n) is 7.23. The minimum Gasteiger partial charge on any atom is -0.342 e. The molecule has 98 valence electrons. The van der Waals surface area contributed by atoms with E-state index in [1.165, 1.54) is 38.5 Å². The second-order valence-electron chi connectivity index (χ2n) is 5.51. The molecule has 0 atom stereocenters. The molecule has 2 aliphatic rings. The first kappa shape index (κ1) is 11.8. The van der Waals surface area contributed by atoms with Gasteiger partial charge in [0.1, 0.15) is 5.84 Å². The summed E-state index contributed by atoms with van der Waals surface area (Å²) in [5, 5.41) is 7.82. The lowest BCUT2D eigenvalue weighted by molar-refractivity contribution is 0.308. The second-order valence-corrected chi connectivity index (χ2v) is 5.51. The van der Waals surface area contributed by atoms with Crippen molar-refractivity contribution < 1.29 is 0 Å². The number of aliphatic imine (C=N–C) groups is 1. The lowest BCUT2D eigenvalue weighted by Crippen LogP contribution is -2.14. The Bertz CT molecular complexity index is 415. The van der Waals surface area contributed by atoms with E-state index in [1.807, 2.05) is 6.20 Å². The quantitative estimate of drug-likeness (QED) is 0.890. The molecule has 0 bridgehead atoms. The van der Waals surface area contributed by atoms with Crippen molar-refractivity contribution in [3.8, 4) is 0 Å². The lowest BCUT2D eigenvalue weighted by Gasteiger charge is -2.21. The molecule has 0 saturated heterocycles. The van der Waals surface area contributed by atoms with Crippen LogP contribution in [0.3, 0.4) is 0 Å². The van der Waals surface area contributed by atoms with Crippen LogP contribution in [0.1, 0.15) is 44.9 Å². The van der Waals surface area contributed by atoms with Crippen LogP contribution in [0.4, 0.5) is 5.69 Å². The van der Waals surface area contributed by atoms with Crippen molar-refractivity contribution in [1.29, 1.82) is 0 Å². The Hall–Kier alpha value is -1.32. The molecular weight excluding hydrogens is 224 g/mol. The second kappa shape index (κ2) is 5.55. The predicted molar refractivity (Wildman–Crippen MR) is 74.0 cm³/mol. The fraction of sp³-hybridized carbons (Fsp3) is 0.714. The highest BCUT2D eigenvalue weighted by Gasteiger charge is 2.14. The van der Waals surface area contributed by atoms with Crippen LogP contribution in [-0.4, -0.2) is 22.2 Å². The highest BCUT2D eigenvalue weighted by atomic mass is 15.3. The molecule has 0 amide bonds. The fourth-order valence-electron chi connectivity index (χ4n) is 2.97. The van der Waals surface area contributed by atoms with Gasteiger partial charge in [-0.1, -0.05) is 19.3 Å². The molecular formula is C14H22N4. The van der Waals surface area contributed by atoms with Crippen LogP contribution in [0.2, 0.25) is 0 Å². The van der Waals surface area contributed by atoms with Crippen molar-refractivity contribution in [3.63, 3.8) is 0 Å². The third kappa shape index (κ3) is 2.92. The zero-order valence-electron chi connectivity index (χ0n) is 10.9. The van der Waals surface area contributed by atoms with Crippen LogP contribution in [0.5, 0.6) is 0 Å². The highest BCUT2D eigenvalue weighted by molar-refractivity contribution is 5.96. The van der Waals surface area contributed by atoms with Gasteiger partial charge >= 0.3 is 0 Å². The Morgan fingerprint density at radius 3 is 2.89 bits per heavy atom. The summed E-state index contributed by atoms with van der Waals surface area (Å²) in [5.74, 6) is 1.95. The average molecular weight is 246 g/mol. The SMILES string of the molecule is c1nn(CC2CCCCC2)cc1NC1=NCCC1. The number of nitrogens with zero attached hydrogens (tertiary/aromatic N) is 3. The molecule has 0 spiro atoms. The molecule has 1 fully saturated rings. The number of anilines is 1. The monoisotopic (exact) mass is 246 g/mol. The third-order valence-corrected chi connectivity index (χ3v) is 3.97. The van der Waals surface area contributed by atoms with Gasteiger partial charge in [-0.2, -0.15) is 5.10 Å². The maximum Gasteiger partial charge on any atom is 0.101 e. The van der Waals surface area contributed by atoms with Crippen LogP contribution >= 0.6 is 0 Å². The van der Waals surface area contributed by atoms with E-state index in [0.717, 1.165) is 37.0 Å². The van der Waals surface area contributed by atoms with E-state index in [1.54, 1.807) is 0 Å². The zero-order chi connectivity index (χ0) is 12.2. The minimum absolute atomic E-state index is 0.829. The van der Waals surface area contributed by atoms with Gasteiger partial charge in [0.15, 0.2) is 0 Å². The molecule has 0 unspecified atom stereocenters. The van der Waals surface area contributed by atoms with Gasteiger partial charge in [-0.3, -0.25) is 9.67 Å². The van der Waals surface area contributed by atoms with Crippen molar-refractivity contribution >= 4 is 11.5 Å². The number of hydrogen-bond donors (Lipinski definition) is 1. The van der Waals surface area contributed by atoms with Crippen LogP contribution in [-0.2, 0) is 6.54 Å². The summed E-state index contributed by atoms with van der Waals surface area (Å²) in [5.41, 5.74) is 1.09. The normalized spacial score (nSPS) is 21.0. The molecule has 1 aliphatic carbocycles. The number of hydrogen-bond acceptors (Lipinski definition) is 3. The molecule has 4 nitrogen and oxygen atoms in total. The molecule has 1 aliphatic heterocycles. The van der Waals surface area contributed by atoms with Gasteiger partial charge in [0.2, 0.25) is 0 Å². The topological polar surface area (TPSA) is 42.2 Å². The van der Waals surface area contributed by atoms with Gasteiger partial charge in [-0.15, -0.1) is 0 Å². The molecule has 1 aromatic heterocycles. The van der Waals surface area contributed by atoms with E-state index in [4.69, 9.17) is 0 Å². The van der Waals surface area contributed by atoms with E-state index in [9.17, 15) is 0 Å². The Kier molecular flexibility index (Phi) is 3.62. The van der Waals surface area contributed by atoms with Crippen molar-refractivity contribution in [2.75, 3.05) is 11.9 Å². The smallest absolute Gasteiger partial charge is 0.101 e. The first-order valence-corrected chi connectivity index (χ1v) is 7.23. The van der Waals surface area contributed by atoms with Crippen molar-refractivity contribution in [2.45, 2.75) is 51.5 Å². The minimum atomic E-state index is 0.829. The summed E-state index contributed by atoms with van der Waals surface area (Å²) < 4.78 is 2.09. The summed E-state index contributed by atoms with van der Waals surface area (Å²) in [4.78, 5) is 4.42. The maximum atomic E-state index is 4.45. The van der Waals surface area contributed by atoms with Crippen LogP contribution in [0, 0.1) is 5.92 Å². The summed E-state index contributed by atoms with van der Waals surface area (Å²) >= 11 is 0. The molecule has 0 radical (unpaired) electrons. The first-order chi connectivity index (χ1) is 8.90. The highest BCUT2D eigenvalue weighted by Crippen LogP contribution is 2.25. The molecule has 0 aromatic carbocycles. The van der Waals surface area contributed by atoms with Gasteiger partial charge in [0.05, 0.1) is 11.9 Å².